The summed E-state index contributed by atoms with van der Waals surface area (Å²) in [4.78, 5) is 20.6. The van der Waals surface area contributed by atoms with Gasteiger partial charge in [0.1, 0.15) is 0 Å². The van der Waals surface area contributed by atoms with E-state index in [1.54, 1.807) is 0 Å². The van der Waals surface area contributed by atoms with Crippen LogP contribution in [0.4, 0.5) is 0 Å². The zero-order valence-electron chi connectivity index (χ0n) is 14.6. The molecule has 0 bridgehead atoms. The summed E-state index contributed by atoms with van der Waals surface area (Å²) in [7, 11) is 0. The predicted octanol–water partition coefficient (Wildman–Crippen LogP) is 3.25. The van der Waals surface area contributed by atoms with Crippen molar-refractivity contribution >= 4 is 16.8 Å². The number of rotatable bonds is 3. The molecule has 0 unspecified atom stereocenters. The quantitative estimate of drug-likeness (QED) is 0.795. The monoisotopic (exact) mass is 272 g/mol. The predicted molar refractivity (Wildman–Crippen MR) is 81.4 cm³/mol. The molecule has 2 aromatic heterocycles. The molecule has 3 aromatic rings. The van der Waals surface area contributed by atoms with Crippen LogP contribution in [-0.2, 0) is 6.42 Å². The number of benzene rings is 1. The summed E-state index contributed by atoms with van der Waals surface area (Å²) in [6.45, 7) is 1.49. The fourth-order valence-electron chi connectivity index (χ4n) is 2.59. The van der Waals surface area contributed by atoms with Gasteiger partial charge < -0.3 is 4.98 Å². The second kappa shape index (κ2) is 4.78. The van der Waals surface area contributed by atoms with Crippen molar-refractivity contribution in [1.29, 1.82) is 0 Å². The highest BCUT2D eigenvalue weighted by molar-refractivity contribution is 5.79. The molecule has 0 saturated heterocycles. The van der Waals surface area contributed by atoms with Gasteiger partial charge in [0.25, 0.3) is 5.56 Å². The number of fused-ring (bicyclic) bond motifs is 3. The molecule has 4 heteroatoms. The number of hydrogen-bond donors (Lipinski definition) is 1. The van der Waals surface area contributed by atoms with Crippen LogP contribution in [0.2, 0.25) is 0 Å². The van der Waals surface area contributed by atoms with Gasteiger partial charge in [0.05, 0.1) is 16.7 Å². The molecule has 0 fully saturated rings. The Morgan fingerprint density at radius 1 is 1.40 bits per heavy atom. The molecule has 1 N–H and O–H groups in total. The number of para-hydroxylation sites is 2. The smallest absolute Gasteiger partial charge is 0.263 e. The molecule has 0 radical (unpaired) electrons. The topological polar surface area (TPSA) is 50.2 Å². The first-order valence-electron chi connectivity index (χ1n) is 8.40. The van der Waals surface area contributed by atoms with E-state index >= 15 is 0 Å². The standard InChI is InChI=1S/C16H19N3O/c1-4-10(3)14-11(5-2)15(20)19-13-9-7-6-8-12(13)17-16(19)18-14/h6-10H,4-5H2,1-3H3,(H,17,18)/t10-/m1/s1/i3D3. The minimum atomic E-state index is -2.18. The molecule has 1 atom stereocenters. The molecular weight excluding hydrogens is 250 g/mol. The Labute approximate surface area is 121 Å². The van der Waals surface area contributed by atoms with Gasteiger partial charge in [0, 0.05) is 9.68 Å². The lowest BCUT2D eigenvalue weighted by molar-refractivity contribution is 0.690. The third kappa shape index (κ3) is 1.75. The lowest BCUT2D eigenvalue weighted by atomic mass is 9.99. The average Bonchev–Trinajstić information content (AvgIpc) is 2.85. The lowest BCUT2D eigenvalue weighted by Gasteiger charge is -2.12. The molecule has 1 aromatic carbocycles. The minimum absolute atomic E-state index is 0.187. The summed E-state index contributed by atoms with van der Waals surface area (Å²) >= 11 is 0. The first kappa shape index (κ1) is 9.75. The van der Waals surface area contributed by atoms with Crippen LogP contribution in [0.1, 0.15) is 48.4 Å². The van der Waals surface area contributed by atoms with Gasteiger partial charge in [-0.05, 0) is 30.9 Å². The number of hydrogen-bond acceptors (Lipinski definition) is 2. The van der Waals surface area contributed by atoms with Crippen molar-refractivity contribution in [3.05, 3.63) is 45.9 Å². The van der Waals surface area contributed by atoms with Crippen molar-refractivity contribution in [2.75, 3.05) is 0 Å². The molecule has 104 valence electrons. The summed E-state index contributed by atoms with van der Waals surface area (Å²) in [6.07, 6.45) is 0.864. The Morgan fingerprint density at radius 2 is 2.20 bits per heavy atom. The van der Waals surface area contributed by atoms with Crippen molar-refractivity contribution in [3.63, 3.8) is 0 Å². The van der Waals surface area contributed by atoms with Crippen LogP contribution >= 0.6 is 0 Å². The van der Waals surface area contributed by atoms with E-state index in [9.17, 15) is 4.79 Å². The Morgan fingerprint density at radius 3 is 2.90 bits per heavy atom. The molecule has 0 spiro atoms. The molecule has 2 heterocycles. The average molecular weight is 272 g/mol. The molecular formula is C16H19N3O. The Balaban J connectivity index is 2.40. The molecule has 0 amide bonds. The molecule has 20 heavy (non-hydrogen) atoms. The second-order valence-corrected chi connectivity index (χ2v) is 4.90. The first-order valence-corrected chi connectivity index (χ1v) is 6.90. The van der Waals surface area contributed by atoms with E-state index in [-0.39, 0.29) is 5.56 Å². The fraction of sp³-hybridized carbons (Fsp3) is 0.375. The van der Waals surface area contributed by atoms with Crippen LogP contribution in [0.3, 0.4) is 0 Å². The second-order valence-electron chi connectivity index (χ2n) is 4.90. The molecule has 0 aliphatic carbocycles. The van der Waals surface area contributed by atoms with E-state index in [1.807, 2.05) is 38.1 Å². The zero-order valence-corrected chi connectivity index (χ0v) is 11.6. The number of H-pyrrole nitrogens is 1. The van der Waals surface area contributed by atoms with E-state index in [2.05, 4.69) is 9.97 Å². The molecule has 4 nitrogen and oxygen atoms in total. The fourth-order valence-corrected chi connectivity index (χ4v) is 2.59. The third-order valence-electron chi connectivity index (χ3n) is 3.69. The maximum Gasteiger partial charge on any atom is 0.263 e. The number of aromatic nitrogens is 3. The summed E-state index contributed by atoms with van der Waals surface area (Å²) in [6, 6.07) is 7.46. The van der Waals surface area contributed by atoms with Crippen molar-refractivity contribution in [1.82, 2.24) is 14.4 Å². The highest BCUT2D eigenvalue weighted by atomic mass is 16.1. The third-order valence-corrected chi connectivity index (χ3v) is 3.69. The van der Waals surface area contributed by atoms with Crippen molar-refractivity contribution in [3.8, 4) is 0 Å². The highest BCUT2D eigenvalue weighted by Crippen LogP contribution is 2.21. The summed E-state index contributed by atoms with van der Waals surface area (Å²) in [5, 5.41) is 0. The van der Waals surface area contributed by atoms with Gasteiger partial charge in [-0.1, -0.05) is 32.8 Å². The Kier molecular flexibility index (Phi) is 2.33. The summed E-state index contributed by atoms with van der Waals surface area (Å²) in [5.74, 6) is -0.340. The van der Waals surface area contributed by atoms with Crippen molar-refractivity contribution in [2.45, 2.75) is 39.5 Å². The maximum atomic E-state index is 12.9. The Bertz CT molecular complexity index is 924. The maximum absolute atomic E-state index is 12.9. The summed E-state index contributed by atoms with van der Waals surface area (Å²) in [5.41, 5.74) is 2.25. The van der Waals surface area contributed by atoms with Crippen LogP contribution in [0.5, 0.6) is 0 Å². The molecule has 0 aliphatic rings. The van der Waals surface area contributed by atoms with Crippen LogP contribution in [0, 0.1) is 0 Å². The molecule has 0 aliphatic heterocycles. The van der Waals surface area contributed by atoms with Gasteiger partial charge in [-0.2, -0.15) is 0 Å². The Hall–Kier alpha value is -2.10. The number of nitrogens with zero attached hydrogens (tertiary/aromatic N) is 2. The SMILES string of the molecule is [2H]C([2H])([2H])[C@H](CC)c1nc2[nH]c3ccccc3n2c(=O)c1CC. The van der Waals surface area contributed by atoms with E-state index in [4.69, 9.17) is 4.11 Å². The van der Waals surface area contributed by atoms with Crippen molar-refractivity contribution in [2.24, 2.45) is 0 Å². The van der Waals surface area contributed by atoms with E-state index < -0.39 is 12.8 Å². The lowest BCUT2D eigenvalue weighted by Crippen LogP contribution is -2.22. The van der Waals surface area contributed by atoms with Gasteiger partial charge in [-0.3, -0.25) is 4.79 Å². The number of imidazole rings is 1. The molecule has 0 saturated carbocycles. The van der Waals surface area contributed by atoms with E-state index in [0.717, 1.165) is 11.0 Å². The van der Waals surface area contributed by atoms with Crippen LogP contribution in [-0.4, -0.2) is 14.4 Å². The van der Waals surface area contributed by atoms with Crippen LogP contribution in [0.15, 0.2) is 29.1 Å². The largest absolute Gasteiger partial charge is 0.323 e. The van der Waals surface area contributed by atoms with Gasteiger partial charge in [-0.25, -0.2) is 9.38 Å². The van der Waals surface area contributed by atoms with Gasteiger partial charge >= 0.3 is 0 Å². The minimum Gasteiger partial charge on any atom is -0.323 e. The zero-order chi connectivity index (χ0) is 16.8. The molecule has 3 rings (SSSR count). The normalized spacial score (nSPS) is 16.0. The first-order chi connectivity index (χ1) is 10.9. The van der Waals surface area contributed by atoms with Crippen LogP contribution < -0.4 is 5.56 Å². The van der Waals surface area contributed by atoms with E-state index in [1.165, 1.54) is 4.40 Å². The van der Waals surface area contributed by atoms with Crippen LogP contribution in [0.25, 0.3) is 16.8 Å². The number of aromatic amines is 1. The number of nitrogens with one attached hydrogen (secondary N) is 1. The highest BCUT2D eigenvalue weighted by Gasteiger charge is 2.17. The van der Waals surface area contributed by atoms with Gasteiger partial charge in [0.2, 0.25) is 5.78 Å². The van der Waals surface area contributed by atoms with Gasteiger partial charge in [0.15, 0.2) is 0 Å². The van der Waals surface area contributed by atoms with Gasteiger partial charge in [-0.15, -0.1) is 0 Å². The summed E-state index contributed by atoms with van der Waals surface area (Å²) < 4.78 is 24.8. The van der Waals surface area contributed by atoms with Crippen molar-refractivity contribution < 1.29 is 4.11 Å². The van der Waals surface area contributed by atoms with E-state index in [0.29, 0.717) is 29.9 Å².